The van der Waals surface area contributed by atoms with Gasteiger partial charge < -0.3 is 29.0 Å². The van der Waals surface area contributed by atoms with Crippen molar-refractivity contribution in [2.75, 3.05) is 46.6 Å². The zero-order chi connectivity index (χ0) is 25.7. The molecule has 1 amide bonds. The molecular weight excluding hydrogens is 448 g/mol. The average molecular weight is 493 g/mol. The van der Waals surface area contributed by atoms with Gasteiger partial charge in [-0.1, -0.05) is 12.1 Å². The highest BCUT2D eigenvalue weighted by Gasteiger charge is 2.51. The summed E-state index contributed by atoms with van der Waals surface area (Å²) in [6.07, 6.45) is 1.90. The van der Waals surface area contributed by atoms with E-state index in [-0.39, 0.29) is 18.2 Å². The Morgan fingerprint density at radius 1 is 1.20 bits per heavy atom. The van der Waals surface area contributed by atoms with Gasteiger partial charge in [-0.15, -0.1) is 0 Å². The lowest BCUT2D eigenvalue weighted by molar-refractivity contribution is -0.206. The summed E-state index contributed by atoms with van der Waals surface area (Å²) in [6.45, 7) is 14.0. The number of piperidine rings is 1. The second-order valence-corrected chi connectivity index (χ2v) is 11.1. The van der Waals surface area contributed by atoms with Crippen LogP contribution in [0, 0.1) is 0 Å². The maximum atomic E-state index is 12.7. The Hall–Kier alpha value is -1.87. The SMILES string of the molecule is CCOCCOc1ccc(CN2CCC3(CC2)C[C@H](N(C)C(=O)OC(C)(C)C)[C@@](C)(O)CO3)cc1. The average Bonchev–Trinajstić information content (AvgIpc) is 2.79. The quantitative estimate of drug-likeness (QED) is 0.552. The number of likely N-dealkylation sites (tertiary alicyclic amines) is 1. The van der Waals surface area contributed by atoms with E-state index in [1.54, 1.807) is 18.9 Å². The largest absolute Gasteiger partial charge is 0.491 e. The third-order valence-corrected chi connectivity index (χ3v) is 6.90. The van der Waals surface area contributed by atoms with Crippen LogP contribution in [0.15, 0.2) is 24.3 Å². The molecule has 1 spiro atoms. The summed E-state index contributed by atoms with van der Waals surface area (Å²) < 4.78 is 22.8. The van der Waals surface area contributed by atoms with Crippen LogP contribution in [0.2, 0.25) is 0 Å². The molecule has 0 aliphatic carbocycles. The predicted octanol–water partition coefficient (Wildman–Crippen LogP) is 3.84. The van der Waals surface area contributed by atoms with E-state index in [1.807, 2.05) is 39.8 Å². The number of nitrogens with zero attached hydrogens (tertiary/aromatic N) is 2. The lowest BCUT2D eigenvalue weighted by Gasteiger charge is -2.52. The number of benzene rings is 1. The van der Waals surface area contributed by atoms with Crippen LogP contribution in [0.1, 0.15) is 59.4 Å². The molecule has 2 heterocycles. The van der Waals surface area contributed by atoms with Crippen LogP contribution in [0.5, 0.6) is 5.75 Å². The molecule has 0 saturated carbocycles. The first-order valence-corrected chi connectivity index (χ1v) is 12.8. The Morgan fingerprint density at radius 3 is 2.46 bits per heavy atom. The molecule has 0 bridgehead atoms. The molecule has 2 aliphatic rings. The third-order valence-electron chi connectivity index (χ3n) is 6.90. The minimum Gasteiger partial charge on any atom is -0.491 e. The standard InChI is InChI=1S/C27H44N2O6/c1-7-32-16-17-33-22-10-8-21(9-11-22)19-29-14-12-27(13-15-29)18-23(26(5,31)20-34-27)28(6)24(30)35-25(2,3)4/h8-11,23,31H,7,12-20H2,1-6H3/t23-,26-/m0/s1. The number of carbonyl (C=O) groups excluding carboxylic acids is 1. The summed E-state index contributed by atoms with van der Waals surface area (Å²) in [5, 5.41) is 11.0. The van der Waals surface area contributed by atoms with Crippen molar-refractivity contribution < 1.29 is 28.8 Å². The fraction of sp³-hybridized carbons (Fsp3) is 0.741. The Balaban J connectivity index is 1.53. The normalized spacial score (nSPS) is 24.8. The summed E-state index contributed by atoms with van der Waals surface area (Å²) in [4.78, 5) is 16.7. The van der Waals surface area contributed by atoms with E-state index >= 15 is 0 Å². The number of aliphatic hydroxyl groups is 1. The second-order valence-electron chi connectivity index (χ2n) is 11.1. The monoisotopic (exact) mass is 492 g/mol. The van der Waals surface area contributed by atoms with E-state index in [2.05, 4.69) is 17.0 Å². The van der Waals surface area contributed by atoms with Crippen molar-refractivity contribution in [3.05, 3.63) is 29.8 Å². The summed E-state index contributed by atoms with van der Waals surface area (Å²) in [7, 11) is 1.71. The molecule has 1 N–H and O–H groups in total. The highest BCUT2D eigenvalue weighted by molar-refractivity contribution is 5.68. The van der Waals surface area contributed by atoms with Gasteiger partial charge in [0.05, 0.1) is 24.9 Å². The molecule has 1 aromatic carbocycles. The maximum absolute atomic E-state index is 12.7. The van der Waals surface area contributed by atoms with Gasteiger partial charge in [0.2, 0.25) is 0 Å². The zero-order valence-electron chi connectivity index (χ0n) is 22.3. The number of carbonyl (C=O) groups is 1. The van der Waals surface area contributed by atoms with Gasteiger partial charge in [0.15, 0.2) is 0 Å². The van der Waals surface area contributed by atoms with Gasteiger partial charge in [-0.2, -0.15) is 0 Å². The first-order valence-electron chi connectivity index (χ1n) is 12.8. The summed E-state index contributed by atoms with van der Waals surface area (Å²) in [5.41, 5.74) is -0.800. The molecule has 2 aliphatic heterocycles. The molecule has 0 unspecified atom stereocenters. The van der Waals surface area contributed by atoms with Crippen LogP contribution in [0.4, 0.5) is 4.79 Å². The van der Waals surface area contributed by atoms with Gasteiger partial charge in [-0.25, -0.2) is 4.79 Å². The first-order chi connectivity index (χ1) is 16.4. The zero-order valence-corrected chi connectivity index (χ0v) is 22.3. The Morgan fingerprint density at radius 2 is 1.86 bits per heavy atom. The Labute approximate surface area is 210 Å². The van der Waals surface area contributed by atoms with Crippen molar-refractivity contribution in [1.29, 1.82) is 0 Å². The topological polar surface area (TPSA) is 80.7 Å². The van der Waals surface area contributed by atoms with E-state index < -0.39 is 17.3 Å². The van der Waals surface area contributed by atoms with E-state index in [1.165, 1.54) is 5.56 Å². The van der Waals surface area contributed by atoms with Gasteiger partial charge in [0.25, 0.3) is 0 Å². The highest BCUT2D eigenvalue weighted by atomic mass is 16.6. The summed E-state index contributed by atoms with van der Waals surface area (Å²) in [6, 6.07) is 7.88. The van der Waals surface area contributed by atoms with E-state index in [4.69, 9.17) is 18.9 Å². The minimum absolute atomic E-state index is 0.204. The molecule has 0 aromatic heterocycles. The molecule has 1 aromatic rings. The fourth-order valence-corrected chi connectivity index (χ4v) is 4.82. The van der Waals surface area contributed by atoms with Crippen molar-refractivity contribution >= 4 is 6.09 Å². The molecule has 198 valence electrons. The van der Waals surface area contributed by atoms with Crippen LogP contribution in [-0.2, 0) is 20.8 Å². The van der Waals surface area contributed by atoms with Crippen molar-refractivity contribution in [3.63, 3.8) is 0 Å². The second kappa shape index (κ2) is 11.5. The number of ether oxygens (including phenoxy) is 4. The summed E-state index contributed by atoms with van der Waals surface area (Å²) >= 11 is 0. The minimum atomic E-state index is -1.12. The van der Waals surface area contributed by atoms with Gasteiger partial charge in [-0.3, -0.25) is 4.90 Å². The molecule has 2 fully saturated rings. The van der Waals surface area contributed by atoms with Crippen LogP contribution in [0.25, 0.3) is 0 Å². The molecule has 8 nitrogen and oxygen atoms in total. The van der Waals surface area contributed by atoms with Crippen molar-refractivity contribution in [3.8, 4) is 5.75 Å². The van der Waals surface area contributed by atoms with Gasteiger partial charge in [0, 0.05) is 33.3 Å². The molecule has 0 radical (unpaired) electrons. The van der Waals surface area contributed by atoms with Crippen LogP contribution >= 0.6 is 0 Å². The van der Waals surface area contributed by atoms with Gasteiger partial charge >= 0.3 is 6.09 Å². The third kappa shape index (κ3) is 7.81. The predicted molar refractivity (Wildman–Crippen MR) is 135 cm³/mol. The van der Waals surface area contributed by atoms with Gasteiger partial charge in [0.1, 0.15) is 23.6 Å². The Bertz CT molecular complexity index is 812. The van der Waals surface area contributed by atoms with Crippen LogP contribution in [0.3, 0.4) is 0 Å². The highest BCUT2D eigenvalue weighted by Crippen LogP contribution is 2.40. The molecule has 8 heteroatoms. The Kier molecular flexibility index (Phi) is 9.07. The summed E-state index contributed by atoms with van der Waals surface area (Å²) in [5.74, 6) is 0.855. The van der Waals surface area contributed by atoms with E-state index in [0.717, 1.165) is 38.2 Å². The number of rotatable bonds is 8. The van der Waals surface area contributed by atoms with E-state index in [9.17, 15) is 9.90 Å². The molecule has 35 heavy (non-hydrogen) atoms. The first kappa shape index (κ1) is 27.7. The molecular formula is C27H44N2O6. The smallest absolute Gasteiger partial charge is 0.410 e. The number of amides is 1. The van der Waals surface area contributed by atoms with Crippen molar-refractivity contribution in [1.82, 2.24) is 9.80 Å². The van der Waals surface area contributed by atoms with Crippen molar-refractivity contribution in [2.24, 2.45) is 0 Å². The fourth-order valence-electron chi connectivity index (χ4n) is 4.82. The molecule has 2 atom stereocenters. The van der Waals surface area contributed by atoms with Gasteiger partial charge in [-0.05, 0) is 71.6 Å². The maximum Gasteiger partial charge on any atom is 0.410 e. The van der Waals surface area contributed by atoms with E-state index in [0.29, 0.717) is 26.2 Å². The number of hydrogen-bond donors (Lipinski definition) is 1. The number of likely N-dealkylation sites (N-methyl/N-ethyl adjacent to an activating group) is 1. The number of hydrogen-bond acceptors (Lipinski definition) is 7. The molecule has 3 rings (SSSR count). The van der Waals surface area contributed by atoms with Crippen LogP contribution in [-0.4, -0.2) is 90.4 Å². The van der Waals surface area contributed by atoms with Crippen molar-refractivity contribution in [2.45, 2.75) is 83.3 Å². The van der Waals surface area contributed by atoms with Crippen LogP contribution < -0.4 is 4.74 Å². The molecule has 2 saturated heterocycles. The lowest BCUT2D eigenvalue weighted by atomic mass is 9.77. The lowest BCUT2D eigenvalue weighted by Crippen LogP contribution is -2.64.